The molecule has 0 aromatic heterocycles. The lowest BCUT2D eigenvalue weighted by molar-refractivity contribution is -0.145. The molecular formula is C18H29N3O5. The molecule has 3 saturated heterocycles. The maximum atomic E-state index is 13.3. The minimum Gasteiger partial charge on any atom is -0.394 e. The van der Waals surface area contributed by atoms with E-state index in [1.165, 1.54) is 4.90 Å². The SMILES string of the molecule is CC[C@@H](CO)N1C(=O)[C@@H]2[C@H](C(=O)NC)[C@@H]3CCC2(O3)C1C(=O)NC(C)C. The number of carbonyl (C=O) groups is 3. The summed E-state index contributed by atoms with van der Waals surface area (Å²) in [7, 11) is 1.55. The van der Waals surface area contributed by atoms with E-state index in [-0.39, 0.29) is 36.5 Å². The van der Waals surface area contributed by atoms with E-state index in [9.17, 15) is 19.5 Å². The zero-order valence-electron chi connectivity index (χ0n) is 15.8. The smallest absolute Gasteiger partial charge is 0.246 e. The Hall–Kier alpha value is -1.67. The molecule has 6 atom stereocenters. The maximum absolute atomic E-state index is 13.3. The van der Waals surface area contributed by atoms with E-state index >= 15 is 0 Å². The summed E-state index contributed by atoms with van der Waals surface area (Å²) in [6, 6.07) is -1.38. The second-order valence-corrected chi connectivity index (χ2v) is 7.82. The average Bonchev–Trinajstić information content (AvgIpc) is 3.23. The molecule has 1 spiro atoms. The van der Waals surface area contributed by atoms with E-state index < -0.39 is 29.5 Å². The van der Waals surface area contributed by atoms with Crippen molar-refractivity contribution < 1.29 is 24.2 Å². The molecule has 0 aliphatic carbocycles. The Morgan fingerprint density at radius 1 is 1.38 bits per heavy atom. The number of amides is 3. The summed E-state index contributed by atoms with van der Waals surface area (Å²) in [6.45, 7) is 5.35. The third-order valence-electron chi connectivity index (χ3n) is 6.04. The highest BCUT2D eigenvalue weighted by atomic mass is 16.5. The molecule has 3 aliphatic rings. The highest BCUT2D eigenvalue weighted by Crippen LogP contribution is 2.58. The van der Waals surface area contributed by atoms with Crippen LogP contribution >= 0.6 is 0 Å². The zero-order chi connectivity index (χ0) is 19.2. The number of carbonyl (C=O) groups excluding carboxylic acids is 3. The molecule has 3 amide bonds. The Labute approximate surface area is 153 Å². The van der Waals surface area contributed by atoms with Crippen LogP contribution in [0.5, 0.6) is 0 Å². The van der Waals surface area contributed by atoms with Gasteiger partial charge in [0.15, 0.2) is 0 Å². The molecule has 146 valence electrons. The van der Waals surface area contributed by atoms with E-state index in [1.807, 2.05) is 20.8 Å². The Morgan fingerprint density at radius 2 is 2.08 bits per heavy atom. The number of nitrogens with one attached hydrogen (secondary N) is 2. The number of aliphatic hydroxyl groups is 1. The lowest BCUT2D eigenvalue weighted by Gasteiger charge is -2.36. The Balaban J connectivity index is 2.06. The quantitative estimate of drug-likeness (QED) is 0.581. The number of hydrogen-bond donors (Lipinski definition) is 3. The first-order chi connectivity index (χ1) is 12.3. The van der Waals surface area contributed by atoms with Crippen molar-refractivity contribution in [3.05, 3.63) is 0 Å². The highest BCUT2D eigenvalue weighted by molar-refractivity contribution is 5.99. The van der Waals surface area contributed by atoms with Gasteiger partial charge in [0.25, 0.3) is 0 Å². The Kier molecular flexibility index (Phi) is 5.00. The molecular weight excluding hydrogens is 338 g/mol. The summed E-state index contributed by atoms with van der Waals surface area (Å²) in [5, 5.41) is 15.3. The van der Waals surface area contributed by atoms with Crippen LogP contribution in [0, 0.1) is 11.8 Å². The van der Waals surface area contributed by atoms with Gasteiger partial charge in [0.1, 0.15) is 11.6 Å². The molecule has 8 heteroatoms. The van der Waals surface area contributed by atoms with E-state index in [4.69, 9.17) is 4.74 Å². The third-order valence-corrected chi connectivity index (χ3v) is 6.04. The van der Waals surface area contributed by atoms with Crippen molar-refractivity contribution in [3.8, 4) is 0 Å². The molecule has 2 unspecified atom stereocenters. The normalized spacial score (nSPS) is 36.4. The van der Waals surface area contributed by atoms with Gasteiger partial charge in [-0.3, -0.25) is 14.4 Å². The predicted octanol–water partition coefficient (Wildman–Crippen LogP) is -0.597. The lowest BCUT2D eigenvalue weighted by Crippen LogP contribution is -2.58. The minimum absolute atomic E-state index is 0.0857. The fourth-order valence-electron chi connectivity index (χ4n) is 5.03. The number of aliphatic hydroxyl groups excluding tert-OH is 1. The first-order valence-electron chi connectivity index (χ1n) is 9.45. The van der Waals surface area contributed by atoms with Crippen LogP contribution in [0.15, 0.2) is 0 Å². The van der Waals surface area contributed by atoms with Crippen molar-refractivity contribution in [3.63, 3.8) is 0 Å². The molecule has 3 rings (SSSR count). The summed E-state index contributed by atoms with van der Waals surface area (Å²) < 4.78 is 6.21. The fourth-order valence-corrected chi connectivity index (χ4v) is 5.03. The number of likely N-dealkylation sites (tertiary alicyclic amines) is 1. The van der Waals surface area contributed by atoms with Crippen LogP contribution < -0.4 is 10.6 Å². The number of rotatable bonds is 6. The van der Waals surface area contributed by atoms with Gasteiger partial charge in [0.05, 0.1) is 30.6 Å². The average molecular weight is 367 g/mol. The summed E-state index contributed by atoms with van der Waals surface area (Å²) in [4.78, 5) is 40.3. The molecule has 0 aromatic rings. The Morgan fingerprint density at radius 3 is 2.62 bits per heavy atom. The largest absolute Gasteiger partial charge is 0.394 e. The number of hydrogen-bond acceptors (Lipinski definition) is 5. The van der Waals surface area contributed by atoms with Gasteiger partial charge in [0.2, 0.25) is 17.7 Å². The molecule has 8 nitrogen and oxygen atoms in total. The number of fused-ring (bicyclic) bond motifs is 1. The van der Waals surface area contributed by atoms with E-state index in [0.29, 0.717) is 19.3 Å². The van der Waals surface area contributed by atoms with E-state index in [2.05, 4.69) is 10.6 Å². The van der Waals surface area contributed by atoms with Crippen LogP contribution in [0.2, 0.25) is 0 Å². The topological polar surface area (TPSA) is 108 Å². The highest BCUT2D eigenvalue weighted by Gasteiger charge is 2.74. The molecule has 3 N–H and O–H groups in total. The standard InChI is InChI=1S/C18H29N3O5/c1-5-10(8-22)21-14(16(24)20-9(2)3)18-7-6-11(26-18)12(15(23)19-4)13(18)17(21)25/h9-14,22H,5-8H2,1-4H3,(H,19,23)(H,20,24)/t10-,11-,12+,13-,14?,18?/m0/s1. The van der Waals surface area contributed by atoms with Crippen molar-refractivity contribution in [1.29, 1.82) is 0 Å². The first kappa shape index (κ1) is 19.1. The molecule has 2 bridgehead atoms. The van der Waals surface area contributed by atoms with Crippen LogP contribution in [-0.4, -0.2) is 71.2 Å². The van der Waals surface area contributed by atoms with E-state index in [1.54, 1.807) is 7.05 Å². The Bertz CT molecular complexity index is 606. The maximum Gasteiger partial charge on any atom is 0.246 e. The summed E-state index contributed by atoms with van der Waals surface area (Å²) in [5.74, 6) is -2.02. The zero-order valence-corrected chi connectivity index (χ0v) is 15.8. The number of ether oxygens (including phenoxy) is 1. The molecule has 26 heavy (non-hydrogen) atoms. The van der Waals surface area contributed by atoms with Gasteiger partial charge in [-0.1, -0.05) is 6.92 Å². The van der Waals surface area contributed by atoms with Crippen LogP contribution in [0.25, 0.3) is 0 Å². The van der Waals surface area contributed by atoms with Crippen molar-refractivity contribution >= 4 is 17.7 Å². The molecule has 3 fully saturated rings. The minimum atomic E-state index is -0.986. The third kappa shape index (κ3) is 2.53. The van der Waals surface area contributed by atoms with Crippen molar-refractivity contribution in [1.82, 2.24) is 15.5 Å². The van der Waals surface area contributed by atoms with Crippen molar-refractivity contribution in [2.24, 2.45) is 11.8 Å². The van der Waals surface area contributed by atoms with Gasteiger partial charge >= 0.3 is 0 Å². The second kappa shape index (κ2) is 6.81. The van der Waals surface area contributed by atoms with Crippen LogP contribution in [0.1, 0.15) is 40.0 Å². The molecule has 3 aliphatic heterocycles. The summed E-state index contributed by atoms with van der Waals surface area (Å²) >= 11 is 0. The van der Waals surface area contributed by atoms with Crippen molar-refractivity contribution in [2.45, 2.75) is 69.9 Å². The van der Waals surface area contributed by atoms with Gasteiger partial charge in [-0.15, -0.1) is 0 Å². The predicted molar refractivity (Wildman–Crippen MR) is 93.0 cm³/mol. The molecule has 0 radical (unpaired) electrons. The second-order valence-electron chi connectivity index (χ2n) is 7.82. The van der Waals surface area contributed by atoms with Gasteiger partial charge in [-0.05, 0) is 33.1 Å². The van der Waals surface area contributed by atoms with Crippen LogP contribution in [-0.2, 0) is 19.1 Å². The van der Waals surface area contributed by atoms with E-state index in [0.717, 1.165) is 0 Å². The lowest BCUT2D eigenvalue weighted by atomic mass is 9.70. The molecule has 0 saturated carbocycles. The first-order valence-corrected chi connectivity index (χ1v) is 9.45. The van der Waals surface area contributed by atoms with Gasteiger partial charge < -0.3 is 25.4 Å². The molecule has 0 aromatic carbocycles. The fraction of sp³-hybridized carbons (Fsp3) is 0.833. The van der Waals surface area contributed by atoms with Crippen LogP contribution in [0.3, 0.4) is 0 Å². The summed E-state index contributed by atoms with van der Waals surface area (Å²) in [6.07, 6.45) is 1.40. The monoisotopic (exact) mass is 367 g/mol. The van der Waals surface area contributed by atoms with Gasteiger partial charge in [0, 0.05) is 13.1 Å². The summed E-state index contributed by atoms with van der Waals surface area (Å²) in [5.41, 5.74) is -0.986. The van der Waals surface area contributed by atoms with Crippen molar-refractivity contribution in [2.75, 3.05) is 13.7 Å². The number of nitrogens with zero attached hydrogens (tertiary/aromatic N) is 1. The van der Waals surface area contributed by atoms with Crippen LogP contribution in [0.4, 0.5) is 0 Å². The van der Waals surface area contributed by atoms with Gasteiger partial charge in [-0.2, -0.15) is 0 Å². The van der Waals surface area contributed by atoms with Gasteiger partial charge in [-0.25, -0.2) is 0 Å². The molecule has 3 heterocycles.